The van der Waals surface area contributed by atoms with Gasteiger partial charge in [-0.25, -0.2) is 8.42 Å². The number of phenolic OH excluding ortho intramolecular Hbond substituents is 1. The summed E-state index contributed by atoms with van der Waals surface area (Å²) in [4.78, 5) is 0.153. The first kappa shape index (κ1) is 12.4. The average Bonchev–Trinajstić information content (AvgIpc) is 2.64. The van der Waals surface area contributed by atoms with Crippen LogP contribution in [0.15, 0.2) is 23.1 Å². The van der Waals surface area contributed by atoms with Gasteiger partial charge in [0, 0.05) is 17.4 Å². The van der Waals surface area contributed by atoms with Crippen LogP contribution in [0.1, 0.15) is 25.3 Å². The molecule has 0 radical (unpaired) electrons. The zero-order chi connectivity index (χ0) is 12.7. The van der Waals surface area contributed by atoms with Crippen LogP contribution in [-0.4, -0.2) is 26.3 Å². The minimum atomic E-state index is -3.27. The van der Waals surface area contributed by atoms with Crippen molar-refractivity contribution >= 4 is 9.84 Å². The summed E-state index contributed by atoms with van der Waals surface area (Å²) < 4.78 is 22.7. The van der Waals surface area contributed by atoms with Gasteiger partial charge in [0.2, 0.25) is 0 Å². The van der Waals surface area contributed by atoms with Gasteiger partial charge in [0.25, 0.3) is 0 Å². The van der Waals surface area contributed by atoms with E-state index in [4.69, 9.17) is 0 Å². The lowest BCUT2D eigenvalue weighted by atomic mass is 9.90. The van der Waals surface area contributed by atoms with Gasteiger partial charge in [0.15, 0.2) is 9.84 Å². The SMILES string of the molecule is CC1(c2ccc(S(C)(=O)=O)cc2O)CCCN1. The third-order valence-electron chi connectivity index (χ3n) is 3.36. The normalized spacial score (nSPS) is 25.1. The maximum absolute atomic E-state index is 11.4. The molecule has 0 aromatic heterocycles. The molecule has 2 rings (SSSR count). The van der Waals surface area contributed by atoms with Gasteiger partial charge in [0.05, 0.1) is 4.90 Å². The highest BCUT2D eigenvalue weighted by Crippen LogP contribution is 2.36. The van der Waals surface area contributed by atoms with E-state index in [2.05, 4.69) is 5.32 Å². The zero-order valence-electron chi connectivity index (χ0n) is 10.0. The molecule has 4 nitrogen and oxygen atoms in total. The maximum Gasteiger partial charge on any atom is 0.175 e. The Labute approximate surface area is 102 Å². The summed E-state index contributed by atoms with van der Waals surface area (Å²) in [5.74, 6) is 0.0461. The van der Waals surface area contributed by atoms with E-state index in [1.807, 2.05) is 6.92 Å². The number of rotatable bonds is 2. The van der Waals surface area contributed by atoms with Gasteiger partial charge in [-0.15, -0.1) is 0 Å². The van der Waals surface area contributed by atoms with E-state index in [1.54, 1.807) is 12.1 Å². The molecular formula is C12H17NO3S. The fourth-order valence-corrected chi connectivity index (χ4v) is 2.97. The molecule has 1 atom stereocenters. The van der Waals surface area contributed by atoms with Crippen LogP contribution in [0.2, 0.25) is 0 Å². The fraction of sp³-hybridized carbons (Fsp3) is 0.500. The second kappa shape index (κ2) is 3.99. The Kier molecular flexibility index (Phi) is 2.91. The lowest BCUT2D eigenvalue weighted by Gasteiger charge is -2.26. The molecule has 0 aliphatic carbocycles. The van der Waals surface area contributed by atoms with Gasteiger partial charge >= 0.3 is 0 Å². The van der Waals surface area contributed by atoms with Crippen LogP contribution in [0, 0.1) is 0 Å². The molecule has 94 valence electrons. The van der Waals surface area contributed by atoms with Crippen molar-refractivity contribution in [2.24, 2.45) is 0 Å². The minimum Gasteiger partial charge on any atom is -0.508 e. The number of nitrogens with one attached hydrogen (secondary N) is 1. The van der Waals surface area contributed by atoms with E-state index in [-0.39, 0.29) is 16.2 Å². The average molecular weight is 255 g/mol. The minimum absolute atomic E-state index is 0.0461. The first-order valence-electron chi connectivity index (χ1n) is 5.61. The molecule has 0 spiro atoms. The predicted molar refractivity (Wildman–Crippen MR) is 65.8 cm³/mol. The fourth-order valence-electron chi connectivity index (χ4n) is 2.33. The molecule has 17 heavy (non-hydrogen) atoms. The Morgan fingerprint density at radius 3 is 2.59 bits per heavy atom. The zero-order valence-corrected chi connectivity index (χ0v) is 10.8. The Balaban J connectivity index is 2.45. The standard InChI is InChI=1S/C12H17NO3S/c1-12(6-3-7-13-12)10-5-4-9(8-11(10)14)17(2,15)16/h4-5,8,13-14H,3,6-7H2,1-2H3. The first-order chi connectivity index (χ1) is 7.83. The van der Waals surface area contributed by atoms with E-state index in [1.165, 1.54) is 6.07 Å². The van der Waals surface area contributed by atoms with Crippen LogP contribution in [-0.2, 0) is 15.4 Å². The molecule has 1 unspecified atom stereocenters. The van der Waals surface area contributed by atoms with Crippen LogP contribution >= 0.6 is 0 Å². The van der Waals surface area contributed by atoms with Crippen molar-refractivity contribution in [3.63, 3.8) is 0 Å². The van der Waals surface area contributed by atoms with Crippen molar-refractivity contribution in [2.75, 3.05) is 12.8 Å². The van der Waals surface area contributed by atoms with E-state index >= 15 is 0 Å². The molecule has 5 heteroatoms. The first-order valence-corrected chi connectivity index (χ1v) is 7.51. The lowest BCUT2D eigenvalue weighted by Crippen LogP contribution is -2.33. The molecule has 1 heterocycles. The second-order valence-corrected chi connectivity index (χ2v) is 6.83. The molecule has 1 aromatic rings. The molecule has 1 aliphatic rings. The van der Waals surface area contributed by atoms with Gasteiger partial charge in [-0.05, 0) is 38.4 Å². The number of aromatic hydroxyl groups is 1. The van der Waals surface area contributed by atoms with E-state index in [9.17, 15) is 13.5 Å². The summed E-state index contributed by atoms with van der Waals surface area (Å²) in [5.41, 5.74) is 0.516. The largest absolute Gasteiger partial charge is 0.508 e. The van der Waals surface area contributed by atoms with Gasteiger partial charge in [-0.3, -0.25) is 0 Å². The van der Waals surface area contributed by atoms with E-state index in [0.717, 1.165) is 31.2 Å². The molecular weight excluding hydrogens is 238 g/mol. The van der Waals surface area contributed by atoms with Crippen molar-refractivity contribution in [3.8, 4) is 5.75 Å². The number of hydrogen-bond donors (Lipinski definition) is 2. The summed E-state index contributed by atoms with van der Waals surface area (Å²) >= 11 is 0. The van der Waals surface area contributed by atoms with Crippen LogP contribution in [0.4, 0.5) is 0 Å². The molecule has 0 saturated carbocycles. The van der Waals surface area contributed by atoms with Crippen molar-refractivity contribution in [1.82, 2.24) is 5.32 Å². The van der Waals surface area contributed by atoms with Crippen molar-refractivity contribution < 1.29 is 13.5 Å². The third-order valence-corrected chi connectivity index (χ3v) is 4.47. The highest BCUT2D eigenvalue weighted by molar-refractivity contribution is 7.90. The number of benzene rings is 1. The van der Waals surface area contributed by atoms with E-state index < -0.39 is 9.84 Å². The third kappa shape index (κ3) is 2.30. The Hall–Kier alpha value is -1.07. The summed E-state index contributed by atoms with van der Waals surface area (Å²) in [5, 5.41) is 13.3. The number of phenols is 1. The van der Waals surface area contributed by atoms with Crippen LogP contribution in [0.3, 0.4) is 0 Å². The van der Waals surface area contributed by atoms with Gasteiger partial charge in [-0.1, -0.05) is 6.07 Å². The van der Waals surface area contributed by atoms with Crippen molar-refractivity contribution in [2.45, 2.75) is 30.2 Å². The maximum atomic E-state index is 11.4. The van der Waals surface area contributed by atoms with Gasteiger partial charge in [-0.2, -0.15) is 0 Å². The van der Waals surface area contributed by atoms with Crippen LogP contribution in [0.25, 0.3) is 0 Å². The number of sulfone groups is 1. The van der Waals surface area contributed by atoms with Gasteiger partial charge in [0.1, 0.15) is 5.75 Å². The van der Waals surface area contributed by atoms with Gasteiger partial charge < -0.3 is 10.4 Å². The predicted octanol–water partition coefficient (Wildman–Crippen LogP) is 1.39. The number of hydrogen-bond acceptors (Lipinski definition) is 4. The molecule has 1 aromatic carbocycles. The molecule has 1 fully saturated rings. The van der Waals surface area contributed by atoms with Crippen molar-refractivity contribution in [1.29, 1.82) is 0 Å². The summed E-state index contributed by atoms with van der Waals surface area (Å²) in [6.07, 6.45) is 3.14. The Bertz CT molecular complexity index is 531. The molecule has 1 aliphatic heterocycles. The van der Waals surface area contributed by atoms with Crippen LogP contribution < -0.4 is 5.32 Å². The topological polar surface area (TPSA) is 66.4 Å². The lowest BCUT2D eigenvalue weighted by molar-refractivity contribution is 0.393. The summed E-state index contributed by atoms with van der Waals surface area (Å²) in [6, 6.07) is 4.58. The Morgan fingerprint density at radius 2 is 2.12 bits per heavy atom. The second-order valence-electron chi connectivity index (χ2n) is 4.81. The van der Waals surface area contributed by atoms with Crippen LogP contribution in [0.5, 0.6) is 5.75 Å². The van der Waals surface area contributed by atoms with Crippen molar-refractivity contribution in [3.05, 3.63) is 23.8 Å². The summed E-state index contributed by atoms with van der Waals surface area (Å²) in [6.45, 7) is 2.94. The quantitative estimate of drug-likeness (QED) is 0.838. The molecule has 0 amide bonds. The Morgan fingerprint density at radius 1 is 1.41 bits per heavy atom. The monoisotopic (exact) mass is 255 g/mol. The molecule has 1 saturated heterocycles. The highest BCUT2D eigenvalue weighted by Gasteiger charge is 2.32. The molecule has 0 bridgehead atoms. The molecule has 2 N–H and O–H groups in total. The summed E-state index contributed by atoms with van der Waals surface area (Å²) in [7, 11) is -3.27. The smallest absolute Gasteiger partial charge is 0.175 e. The highest BCUT2D eigenvalue weighted by atomic mass is 32.2. The van der Waals surface area contributed by atoms with E-state index in [0.29, 0.717) is 0 Å².